The summed E-state index contributed by atoms with van der Waals surface area (Å²) in [6.45, 7) is 0. The fourth-order valence-corrected chi connectivity index (χ4v) is 3.06. The molecule has 0 aliphatic carbocycles. The first kappa shape index (κ1) is 11.0. The van der Waals surface area contributed by atoms with E-state index in [1.165, 1.54) is 4.70 Å². The van der Waals surface area contributed by atoms with E-state index in [2.05, 4.69) is 0 Å². The van der Waals surface area contributed by atoms with Crippen molar-refractivity contribution in [2.24, 2.45) is 0 Å². The standard InChI is InChI=1S/C15H10O2S/c16-9-11-5-3-6-12(15(11)17)14-8-10-4-1-2-7-13(10)18-14/h1-9,17H. The third-order valence-electron chi connectivity index (χ3n) is 2.89. The van der Waals surface area contributed by atoms with Crippen LogP contribution in [-0.4, -0.2) is 11.4 Å². The Morgan fingerprint density at radius 1 is 1.06 bits per heavy atom. The van der Waals surface area contributed by atoms with Crippen molar-refractivity contribution in [3.8, 4) is 16.2 Å². The van der Waals surface area contributed by atoms with Gasteiger partial charge in [-0.05, 0) is 29.7 Å². The summed E-state index contributed by atoms with van der Waals surface area (Å²) in [6, 6.07) is 15.3. The molecule has 0 fully saturated rings. The number of phenols is 1. The van der Waals surface area contributed by atoms with Crippen LogP contribution in [0.5, 0.6) is 5.75 Å². The second-order valence-electron chi connectivity index (χ2n) is 4.01. The number of rotatable bonds is 2. The molecule has 0 spiro atoms. The van der Waals surface area contributed by atoms with Crippen molar-refractivity contribution in [1.29, 1.82) is 0 Å². The number of para-hydroxylation sites is 1. The number of aromatic hydroxyl groups is 1. The molecule has 0 amide bonds. The van der Waals surface area contributed by atoms with Crippen molar-refractivity contribution in [1.82, 2.24) is 0 Å². The van der Waals surface area contributed by atoms with Gasteiger partial charge >= 0.3 is 0 Å². The number of hydrogen-bond acceptors (Lipinski definition) is 3. The number of carbonyl (C=O) groups excluding carboxylic acids is 1. The van der Waals surface area contributed by atoms with Gasteiger partial charge in [0, 0.05) is 15.1 Å². The number of benzene rings is 2. The van der Waals surface area contributed by atoms with Crippen LogP contribution < -0.4 is 0 Å². The molecule has 3 rings (SSSR count). The third-order valence-corrected chi connectivity index (χ3v) is 4.03. The van der Waals surface area contributed by atoms with Gasteiger partial charge in [-0.3, -0.25) is 4.79 Å². The van der Waals surface area contributed by atoms with Crippen molar-refractivity contribution in [3.63, 3.8) is 0 Å². The van der Waals surface area contributed by atoms with E-state index in [0.29, 0.717) is 17.4 Å². The van der Waals surface area contributed by atoms with Crippen LogP contribution in [0.4, 0.5) is 0 Å². The molecule has 1 aromatic heterocycles. The molecule has 0 unspecified atom stereocenters. The lowest BCUT2D eigenvalue weighted by molar-refractivity contribution is 0.112. The lowest BCUT2D eigenvalue weighted by Crippen LogP contribution is -1.83. The molecule has 3 aromatic rings. The summed E-state index contributed by atoms with van der Waals surface area (Å²) >= 11 is 1.61. The minimum atomic E-state index is 0.0547. The summed E-state index contributed by atoms with van der Waals surface area (Å²) < 4.78 is 1.17. The lowest BCUT2D eigenvalue weighted by atomic mass is 10.1. The first-order chi connectivity index (χ1) is 8.79. The van der Waals surface area contributed by atoms with Gasteiger partial charge in [-0.15, -0.1) is 11.3 Å². The zero-order valence-corrected chi connectivity index (χ0v) is 10.3. The molecular weight excluding hydrogens is 244 g/mol. The fraction of sp³-hybridized carbons (Fsp3) is 0. The van der Waals surface area contributed by atoms with Crippen LogP contribution in [0.25, 0.3) is 20.5 Å². The summed E-state index contributed by atoms with van der Waals surface area (Å²) in [5, 5.41) is 11.2. The molecule has 88 valence electrons. The number of phenolic OH excluding ortho intramolecular Hbond substituents is 1. The highest BCUT2D eigenvalue weighted by atomic mass is 32.1. The maximum absolute atomic E-state index is 10.8. The second-order valence-corrected chi connectivity index (χ2v) is 5.09. The quantitative estimate of drug-likeness (QED) is 0.699. The number of aldehydes is 1. The van der Waals surface area contributed by atoms with Gasteiger partial charge in [0.1, 0.15) is 5.75 Å². The van der Waals surface area contributed by atoms with E-state index < -0.39 is 0 Å². The Morgan fingerprint density at radius 3 is 2.67 bits per heavy atom. The number of carbonyl (C=O) groups is 1. The van der Waals surface area contributed by atoms with Gasteiger partial charge in [-0.2, -0.15) is 0 Å². The molecule has 0 aliphatic rings. The largest absolute Gasteiger partial charge is 0.507 e. The van der Waals surface area contributed by atoms with Crippen LogP contribution in [0.2, 0.25) is 0 Å². The van der Waals surface area contributed by atoms with Crippen molar-refractivity contribution < 1.29 is 9.90 Å². The highest BCUT2D eigenvalue weighted by Gasteiger charge is 2.10. The monoisotopic (exact) mass is 254 g/mol. The molecule has 0 saturated heterocycles. The summed E-state index contributed by atoms with van der Waals surface area (Å²) in [5.41, 5.74) is 1.03. The normalized spacial score (nSPS) is 10.7. The smallest absolute Gasteiger partial charge is 0.153 e. The Hall–Kier alpha value is -2.13. The molecule has 18 heavy (non-hydrogen) atoms. The Morgan fingerprint density at radius 2 is 1.89 bits per heavy atom. The van der Waals surface area contributed by atoms with Gasteiger partial charge < -0.3 is 5.11 Å². The highest BCUT2D eigenvalue weighted by molar-refractivity contribution is 7.22. The minimum Gasteiger partial charge on any atom is -0.507 e. The van der Waals surface area contributed by atoms with Crippen molar-refractivity contribution in [2.75, 3.05) is 0 Å². The van der Waals surface area contributed by atoms with Crippen LogP contribution in [0.1, 0.15) is 10.4 Å². The summed E-state index contributed by atoms with van der Waals surface area (Å²) in [4.78, 5) is 11.8. The van der Waals surface area contributed by atoms with Crippen LogP contribution in [0, 0.1) is 0 Å². The van der Waals surface area contributed by atoms with E-state index in [1.807, 2.05) is 36.4 Å². The van der Waals surface area contributed by atoms with E-state index in [0.717, 1.165) is 10.3 Å². The molecule has 0 bridgehead atoms. The van der Waals surface area contributed by atoms with E-state index in [4.69, 9.17) is 0 Å². The maximum atomic E-state index is 10.8. The van der Waals surface area contributed by atoms with Crippen LogP contribution in [-0.2, 0) is 0 Å². The van der Waals surface area contributed by atoms with Gasteiger partial charge in [0.15, 0.2) is 6.29 Å². The molecule has 0 atom stereocenters. The summed E-state index contributed by atoms with van der Waals surface area (Å²) in [5.74, 6) is 0.0547. The van der Waals surface area contributed by atoms with Gasteiger partial charge in [0.25, 0.3) is 0 Å². The zero-order chi connectivity index (χ0) is 12.5. The molecule has 2 nitrogen and oxygen atoms in total. The predicted octanol–water partition coefficient (Wildman–Crippen LogP) is 4.09. The predicted molar refractivity (Wildman–Crippen MR) is 74.3 cm³/mol. The Labute approximate surface area is 108 Å². The highest BCUT2D eigenvalue weighted by Crippen LogP contribution is 2.38. The van der Waals surface area contributed by atoms with E-state index in [9.17, 15) is 9.90 Å². The average Bonchev–Trinajstić information content (AvgIpc) is 2.82. The summed E-state index contributed by atoms with van der Waals surface area (Å²) in [7, 11) is 0. The van der Waals surface area contributed by atoms with Crippen LogP contribution >= 0.6 is 11.3 Å². The van der Waals surface area contributed by atoms with Crippen LogP contribution in [0.3, 0.4) is 0 Å². The van der Waals surface area contributed by atoms with Gasteiger partial charge in [0.2, 0.25) is 0 Å². The molecule has 0 aliphatic heterocycles. The molecule has 0 radical (unpaired) electrons. The molecule has 0 saturated carbocycles. The SMILES string of the molecule is O=Cc1cccc(-c2cc3ccccc3s2)c1O. The zero-order valence-electron chi connectivity index (χ0n) is 9.46. The maximum Gasteiger partial charge on any atom is 0.153 e. The lowest BCUT2D eigenvalue weighted by Gasteiger charge is -2.03. The Bertz CT molecular complexity index is 695. The fourth-order valence-electron chi connectivity index (χ4n) is 1.97. The van der Waals surface area contributed by atoms with E-state index in [-0.39, 0.29) is 5.75 Å². The molecular formula is C15H10O2S. The third kappa shape index (κ3) is 1.69. The molecule has 3 heteroatoms. The first-order valence-corrected chi connectivity index (χ1v) is 6.37. The number of fused-ring (bicyclic) bond motifs is 1. The van der Waals surface area contributed by atoms with Crippen LogP contribution in [0.15, 0.2) is 48.5 Å². The average molecular weight is 254 g/mol. The Balaban J connectivity index is 2.23. The Kier molecular flexibility index (Phi) is 2.61. The van der Waals surface area contributed by atoms with E-state index in [1.54, 1.807) is 23.5 Å². The first-order valence-electron chi connectivity index (χ1n) is 5.55. The van der Waals surface area contributed by atoms with Gasteiger partial charge in [-0.1, -0.05) is 24.3 Å². The molecule has 2 aromatic carbocycles. The minimum absolute atomic E-state index is 0.0547. The number of thiophene rings is 1. The summed E-state index contributed by atoms with van der Waals surface area (Å²) in [6.07, 6.45) is 0.673. The topological polar surface area (TPSA) is 37.3 Å². The molecule has 1 heterocycles. The second kappa shape index (κ2) is 4.27. The van der Waals surface area contributed by atoms with Crippen molar-refractivity contribution in [3.05, 3.63) is 54.1 Å². The van der Waals surface area contributed by atoms with Crippen molar-refractivity contribution >= 4 is 27.7 Å². The van der Waals surface area contributed by atoms with Crippen molar-refractivity contribution in [2.45, 2.75) is 0 Å². The van der Waals surface area contributed by atoms with E-state index >= 15 is 0 Å². The van der Waals surface area contributed by atoms with Gasteiger partial charge in [0.05, 0.1) is 5.56 Å². The van der Waals surface area contributed by atoms with Gasteiger partial charge in [-0.25, -0.2) is 0 Å². The molecule has 1 N–H and O–H groups in total. The number of hydrogen-bond donors (Lipinski definition) is 1.